The number of benzene rings is 2. The van der Waals surface area contributed by atoms with Crippen LogP contribution in [0, 0.1) is 0 Å². The Morgan fingerprint density at radius 3 is 2.65 bits per heavy atom. The number of nitrogens with two attached hydrogens (primary N) is 1. The van der Waals surface area contributed by atoms with Crippen LogP contribution in [0.4, 0.5) is 5.69 Å². The molecule has 2 aromatic carbocycles. The van der Waals surface area contributed by atoms with Gasteiger partial charge in [0.15, 0.2) is 11.0 Å². The lowest BCUT2D eigenvalue weighted by Gasteiger charge is -2.03. The fourth-order valence-electron chi connectivity index (χ4n) is 2.73. The highest BCUT2D eigenvalue weighted by atomic mass is 35.5. The molecule has 2 heterocycles. The van der Waals surface area contributed by atoms with E-state index in [9.17, 15) is 0 Å². The van der Waals surface area contributed by atoms with Gasteiger partial charge in [-0.2, -0.15) is 5.10 Å². The fraction of sp³-hybridized carbons (Fsp3) is 0.105. The van der Waals surface area contributed by atoms with E-state index in [0.717, 1.165) is 16.9 Å². The summed E-state index contributed by atoms with van der Waals surface area (Å²) in [5.74, 6) is 1.35. The molecule has 0 unspecified atom stereocenters. The van der Waals surface area contributed by atoms with Gasteiger partial charge in [0.1, 0.15) is 16.8 Å². The molecule has 130 valence electrons. The van der Waals surface area contributed by atoms with Crippen molar-refractivity contribution in [3.05, 3.63) is 65.4 Å². The molecule has 0 aliphatic rings. The average molecular weight is 366 g/mol. The van der Waals surface area contributed by atoms with Crippen molar-refractivity contribution in [1.82, 2.24) is 19.7 Å². The summed E-state index contributed by atoms with van der Waals surface area (Å²) in [7, 11) is 1.65. The number of halogens is 1. The molecule has 0 bridgehead atoms. The maximum Gasteiger partial charge on any atom is 0.161 e. The molecular formula is C19H16ClN5O. The first kappa shape index (κ1) is 16.4. The summed E-state index contributed by atoms with van der Waals surface area (Å²) in [6, 6.07) is 15.2. The molecule has 0 amide bonds. The topological polar surface area (TPSA) is 78.9 Å². The second kappa shape index (κ2) is 6.65. The molecule has 4 rings (SSSR count). The van der Waals surface area contributed by atoms with Gasteiger partial charge in [0.25, 0.3) is 0 Å². The van der Waals surface area contributed by atoms with Gasteiger partial charge < -0.3 is 10.5 Å². The average Bonchev–Trinajstić information content (AvgIpc) is 3.05. The van der Waals surface area contributed by atoms with Crippen LogP contribution in [0.5, 0.6) is 5.75 Å². The molecule has 0 aliphatic carbocycles. The van der Waals surface area contributed by atoms with Crippen molar-refractivity contribution in [3.63, 3.8) is 0 Å². The van der Waals surface area contributed by atoms with Crippen LogP contribution in [0.1, 0.15) is 5.56 Å². The molecule has 7 heteroatoms. The van der Waals surface area contributed by atoms with Gasteiger partial charge in [0.2, 0.25) is 0 Å². The summed E-state index contributed by atoms with van der Waals surface area (Å²) in [6.45, 7) is 0.601. The van der Waals surface area contributed by atoms with E-state index in [-0.39, 0.29) is 0 Å². The number of anilines is 1. The summed E-state index contributed by atoms with van der Waals surface area (Å²) >= 11 is 6.33. The number of aromatic nitrogens is 4. The van der Waals surface area contributed by atoms with E-state index in [4.69, 9.17) is 22.1 Å². The molecule has 4 aromatic rings. The molecule has 0 spiro atoms. The number of nitrogen functional groups attached to an aromatic ring is 1. The molecule has 6 nitrogen and oxygen atoms in total. The lowest BCUT2D eigenvalue weighted by Crippen LogP contribution is -1.99. The molecular weight excluding hydrogens is 350 g/mol. The highest BCUT2D eigenvalue weighted by Gasteiger charge is 2.12. The highest BCUT2D eigenvalue weighted by Crippen LogP contribution is 2.25. The second-order valence-corrected chi connectivity index (χ2v) is 6.23. The van der Waals surface area contributed by atoms with E-state index in [2.05, 4.69) is 15.1 Å². The molecule has 26 heavy (non-hydrogen) atoms. The number of hydrogen-bond donors (Lipinski definition) is 1. The number of rotatable bonds is 4. The Kier molecular flexibility index (Phi) is 4.18. The Hall–Kier alpha value is -3.12. The van der Waals surface area contributed by atoms with Crippen molar-refractivity contribution in [2.75, 3.05) is 12.8 Å². The quantitative estimate of drug-likeness (QED) is 0.439. The zero-order valence-electron chi connectivity index (χ0n) is 14.1. The van der Waals surface area contributed by atoms with Gasteiger partial charge in [-0.3, -0.25) is 4.68 Å². The maximum absolute atomic E-state index is 6.33. The third kappa shape index (κ3) is 3.19. The first-order chi connectivity index (χ1) is 12.6. The largest absolute Gasteiger partial charge is 0.497 e. The first-order valence-corrected chi connectivity index (χ1v) is 8.40. The number of ether oxygens (including phenoxy) is 1. The van der Waals surface area contributed by atoms with Gasteiger partial charge in [-0.05, 0) is 29.8 Å². The lowest BCUT2D eigenvalue weighted by atomic mass is 10.2. The Labute approximate surface area is 155 Å². The maximum atomic E-state index is 6.33. The van der Waals surface area contributed by atoms with Crippen LogP contribution in [-0.2, 0) is 6.54 Å². The number of fused-ring (bicyclic) bond motifs is 1. The summed E-state index contributed by atoms with van der Waals surface area (Å²) in [4.78, 5) is 8.94. The van der Waals surface area contributed by atoms with E-state index in [1.807, 2.05) is 54.7 Å². The fourth-order valence-corrected chi connectivity index (χ4v) is 2.95. The second-order valence-electron chi connectivity index (χ2n) is 5.87. The predicted octanol–water partition coefficient (Wildman–Crippen LogP) is 3.79. The predicted molar refractivity (Wildman–Crippen MR) is 102 cm³/mol. The van der Waals surface area contributed by atoms with Crippen molar-refractivity contribution in [3.8, 4) is 17.1 Å². The molecule has 0 saturated heterocycles. The van der Waals surface area contributed by atoms with Gasteiger partial charge in [-0.25, -0.2) is 9.97 Å². The van der Waals surface area contributed by atoms with Gasteiger partial charge in [-0.1, -0.05) is 35.9 Å². The highest BCUT2D eigenvalue weighted by molar-refractivity contribution is 6.33. The third-order valence-electron chi connectivity index (χ3n) is 4.02. The molecule has 2 aromatic heterocycles. The number of nitrogens with zero attached hydrogens (tertiary/aromatic N) is 4. The van der Waals surface area contributed by atoms with Gasteiger partial charge >= 0.3 is 0 Å². The third-order valence-corrected chi connectivity index (χ3v) is 4.28. The van der Waals surface area contributed by atoms with E-state index in [1.54, 1.807) is 11.8 Å². The van der Waals surface area contributed by atoms with Crippen molar-refractivity contribution in [2.24, 2.45) is 0 Å². The Bertz CT molecular complexity index is 1080. The molecule has 0 saturated carbocycles. The molecule has 0 aliphatic heterocycles. The van der Waals surface area contributed by atoms with Crippen LogP contribution in [0.15, 0.2) is 54.7 Å². The van der Waals surface area contributed by atoms with Crippen LogP contribution in [0.3, 0.4) is 0 Å². The zero-order chi connectivity index (χ0) is 18.1. The van der Waals surface area contributed by atoms with Crippen LogP contribution in [0.2, 0.25) is 5.15 Å². The van der Waals surface area contributed by atoms with Gasteiger partial charge in [0, 0.05) is 11.3 Å². The molecule has 2 N–H and O–H groups in total. The SMILES string of the molecule is COc1ccc(Cn2cc3nc(-c4cccc(N)c4)nc(Cl)c3n2)cc1. The van der Waals surface area contributed by atoms with Crippen molar-refractivity contribution in [1.29, 1.82) is 0 Å². The van der Waals surface area contributed by atoms with E-state index >= 15 is 0 Å². The standard InChI is InChI=1S/C19H16ClN5O/c1-26-15-7-5-12(6-8-15)10-25-11-16-17(24-25)18(20)23-19(22-16)13-3-2-4-14(21)9-13/h2-9,11H,10,21H2,1H3. The Balaban J connectivity index is 1.69. The normalized spacial score (nSPS) is 11.0. The van der Waals surface area contributed by atoms with Crippen molar-refractivity contribution in [2.45, 2.75) is 6.54 Å². The van der Waals surface area contributed by atoms with Crippen molar-refractivity contribution < 1.29 is 4.74 Å². The number of hydrogen-bond acceptors (Lipinski definition) is 5. The lowest BCUT2D eigenvalue weighted by molar-refractivity contribution is 0.414. The monoisotopic (exact) mass is 365 g/mol. The van der Waals surface area contributed by atoms with Crippen LogP contribution in [0.25, 0.3) is 22.4 Å². The van der Waals surface area contributed by atoms with Crippen LogP contribution >= 0.6 is 11.6 Å². The minimum absolute atomic E-state index is 0.320. The Morgan fingerprint density at radius 1 is 1.12 bits per heavy atom. The molecule has 0 atom stereocenters. The van der Waals surface area contributed by atoms with Crippen LogP contribution in [-0.4, -0.2) is 26.9 Å². The minimum Gasteiger partial charge on any atom is -0.497 e. The molecule has 0 radical (unpaired) electrons. The number of methoxy groups -OCH3 is 1. The smallest absolute Gasteiger partial charge is 0.161 e. The Morgan fingerprint density at radius 2 is 1.92 bits per heavy atom. The summed E-state index contributed by atoms with van der Waals surface area (Å²) < 4.78 is 6.98. The summed E-state index contributed by atoms with van der Waals surface area (Å²) in [6.07, 6.45) is 1.86. The zero-order valence-corrected chi connectivity index (χ0v) is 14.8. The minimum atomic E-state index is 0.320. The van der Waals surface area contributed by atoms with E-state index in [0.29, 0.717) is 34.2 Å². The van der Waals surface area contributed by atoms with Gasteiger partial charge in [-0.15, -0.1) is 0 Å². The van der Waals surface area contributed by atoms with Gasteiger partial charge in [0.05, 0.1) is 19.9 Å². The molecule has 0 fully saturated rings. The van der Waals surface area contributed by atoms with E-state index < -0.39 is 0 Å². The summed E-state index contributed by atoms with van der Waals surface area (Å²) in [5.41, 5.74) is 9.67. The van der Waals surface area contributed by atoms with Crippen LogP contribution < -0.4 is 10.5 Å². The first-order valence-electron chi connectivity index (χ1n) is 8.02. The van der Waals surface area contributed by atoms with Crippen molar-refractivity contribution >= 4 is 28.3 Å². The summed E-state index contributed by atoms with van der Waals surface area (Å²) in [5, 5.41) is 4.83. The van der Waals surface area contributed by atoms with E-state index in [1.165, 1.54) is 0 Å².